The standard InChI is InChI=1S/C17H21N3O5/c1-10(2)25-15-9-13-12(8-14(15)20(23)24)16(21)19(17(13)22)11-4-6-18(3)7-5-11/h8-11H,4-7H2,1-3H3. The number of ether oxygens (including phenoxy) is 1. The Labute approximate surface area is 145 Å². The zero-order valence-corrected chi connectivity index (χ0v) is 14.5. The predicted octanol–water partition coefficient (Wildman–Crippen LogP) is 2.07. The third kappa shape index (κ3) is 3.09. The van der Waals surface area contributed by atoms with Crippen LogP contribution in [0.2, 0.25) is 0 Å². The number of nitrogens with zero attached hydrogens (tertiary/aromatic N) is 3. The van der Waals surface area contributed by atoms with E-state index in [9.17, 15) is 19.7 Å². The number of likely N-dealkylation sites (tertiary alicyclic amines) is 1. The van der Waals surface area contributed by atoms with Crippen LogP contribution in [0.1, 0.15) is 47.4 Å². The Bertz CT molecular complexity index is 738. The SMILES string of the molecule is CC(C)Oc1cc2c(cc1[N+](=O)[O-])C(=O)N(C1CCN(C)CC1)C2=O. The molecule has 25 heavy (non-hydrogen) atoms. The molecule has 0 spiro atoms. The zero-order chi connectivity index (χ0) is 18.3. The van der Waals surface area contributed by atoms with Crippen molar-refractivity contribution in [3.63, 3.8) is 0 Å². The number of carbonyl (C=O) groups is 2. The van der Waals surface area contributed by atoms with E-state index >= 15 is 0 Å². The summed E-state index contributed by atoms with van der Waals surface area (Å²) in [6.07, 6.45) is 1.13. The van der Waals surface area contributed by atoms with Gasteiger partial charge in [-0.05, 0) is 46.8 Å². The molecule has 0 unspecified atom stereocenters. The van der Waals surface area contributed by atoms with Gasteiger partial charge in [0, 0.05) is 18.2 Å². The minimum atomic E-state index is -0.589. The summed E-state index contributed by atoms with van der Waals surface area (Å²) < 4.78 is 5.48. The third-order valence-electron chi connectivity index (χ3n) is 4.61. The van der Waals surface area contributed by atoms with E-state index in [1.807, 2.05) is 7.05 Å². The smallest absolute Gasteiger partial charge is 0.311 e. The van der Waals surface area contributed by atoms with E-state index in [0.717, 1.165) is 13.1 Å². The number of hydrogen-bond donors (Lipinski definition) is 0. The van der Waals surface area contributed by atoms with Crippen LogP contribution in [0.15, 0.2) is 12.1 Å². The van der Waals surface area contributed by atoms with Crippen molar-refractivity contribution in [2.45, 2.75) is 38.8 Å². The molecule has 2 amide bonds. The van der Waals surface area contributed by atoms with E-state index in [2.05, 4.69) is 4.90 Å². The van der Waals surface area contributed by atoms with Crippen molar-refractivity contribution in [3.8, 4) is 5.75 Å². The molecule has 0 bridgehead atoms. The third-order valence-corrected chi connectivity index (χ3v) is 4.61. The molecule has 2 aliphatic rings. The average molecular weight is 347 g/mol. The van der Waals surface area contributed by atoms with E-state index in [4.69, 9.17) is 4.74 Å². The molecule has 0 atom stereocenters. The second-order valence-corrected chi connectivity index (χ2v) is 6.80. The number of benzene rings is 1. The Morgan fingerprint density at radius 3 is 2.24 bits per heavy atom. The van der Waals surface area contributed by atoms with Crippen LogP contribution in [0.25, 0.3) is 0 Å². The number of nitro groups is 1. The summed E-state index contributed by atoms with van der Waals surface area (Å²) in [5.41, 5.74) is -0.0178. The molecule has 2 aliphatic heterocycles. The quantitative estimate of drug-likeness (QED) is 0.470. The highest BCUT2D eigenvalue weighted by Crippen LogP contribution is 2.37. The number of fused-ring (bicyclic) bond motifs is 1. The van der Waals surface area contributed by atoms with Crippen LogP contribution < -0.4 is 4.74 Å². The van der Waals surface area contributed by atoms with E-state index in [-0.39, 0.29) is 34.7 Å². The molecule has 1 saturated heterocycles. The first-order valence-corrected chi connectivity index (χ1v) is 8.35. The van der Waals surface area contributed by atoms with Crippen LogP contribution in [0.5, 0.6) is 5.75 Å². The fourth-order valence-corrected chi connectivity index (χ4v) is 3.35. The summed E-state index contributed by atoms with van der Waals surface area (Å²) in [6, 6.07) is 2.34. The van der Waals surface area contributed by atoms with E-state index in [0.29, 0.717) is 12.8 Å². The molecule has 134 valence electrons. The molecular weight excluding hydrogens is 326 g/mol. The summed E-state index contributed by atoms with van der Waals surface area (Å²) in [7, 11) is 2.00. The van der Waals surface area contributed by atoms with Gasteiger partial charge in [-0.25, -0.2) is 0 Å². The zero-order valence-electron chi connectivity index (χ0n) is 14.5. The maximum atomic E-state index is 12.8. The summed E-state index contributed by atoms with van der Waals surface area (Å²) in [5, 5.41) is 11.3. The topological polar surface area (TPSA) is 93.0 Å². The Morgan fingerprint density at radius 2 is 1.72 bits per heavy atom. The minimum absolute atomic E-state index is 0.0186. The van der Waals surface area contributed by atoms with Gasteiger partial charge in [0.1, 0.15) is 0 Å². The molecule has 3 rings (SSSR count). The molecule has 8 heteroatoms. The van der Waals surface area contributed by atoms with Gasteiger partial charge in [-0.15, -0.1) is 0 Å². The van der Waals surface area contributed by atoms with Crippen molar-refractivity contribution < 1.29 is 19.2 Å². The number of hydrogen-bond acceptors (Lipinski definition) is 6. The maximum absolute atomic E-state index is 12.8. The Morgan fingerprint density at radius 1 is 1.16 bits per heavy atom. The van der Waals surface area contributed by atoms with Crippen LogP contribution in [-0.4, -0.2) is 58.8 Å². The van der Waals surface area contributed by atoms with E-state index in [1.54, 1.807) is 13.8 Å². The lowest BCUT2D eigenvalue weighted by molar-refractivity contribution is -0.386. The van der Waals surface area contributed by atoms with Crippen molar-refractivity contribution in [1.29, 1.82) is 0 Å². The number of rotatable bonds is 4. The molecule has 0 radical (unpaired) electrons. The summed E-state index contributed by atoms with van der Waals surface area (Å²) >= 11 is 0. The Kier molecular flexibility index (Phi) is 4.47. The maximum Gasteiger partial charge on any atom is 0.311 e. The second-order valence-electron chi connectivity index (χ2n) is 6.80. The first-order chi connectivity index (χ1) is 11.8. The minimum Gasteiger partial charge on any atom is -0.484 e. The summed E-state index contributed by atoms with van der Waals surface area (Å²) in [5.74, 6) is -0.822. The van der Waals surface area contributed by atoms with E-state index < -0.39 is 16.7 Å². The first kappa shape index (κ1) is 17.3. The van der Waals surface area contributed by atoms with Crippen LogP contribution in [0.4, 0.5) is 5.69 Å². The molecule has 0 aromatic heterocycles. The Balaban J connectivity index is 1.98. The van der Waals surface area contributed by atoms with Gasteiger partial charge in [0.15, 0.2) is 5.75 Å². The number of amides is 2. The lowest BCUT2D eigenvalue weighted by atomic mass is 10.0. The fourth-order valence-electron chi connectivity index (χ4n) is 3.35. The molecule has 0 aliphatic carbocycles. The van der Waals surface area contributed by atoms with Gasteiger partial charge < -0.3 is 9.64 Å². The highest BCUT2D eigenvalue weighted by Gasteiger charge is 2.42. The lowest BCUT2D eigenvalue weighted by Gasteiger charge is -2.33. The van der Waals surface area contributed by atoms with Crippen molar-refractivity contribution >= 4 is 17.5 Å². The molecule has 1 aromatic rings. The molecule has 8 nitrogen and oxygen atoms in total. The first-order valence-electron chi connectivity index (χ1n) is 8.35. The number of carbonyl (C=O) groups excluding carboxylic acids is 2. The Hall–Kier alpha value is -2.48. The van der Waals surface area contributed by atoms with Gasteiger partial charge in [-0.2, -0.15) is 0 Å². The highest BCUT2D eigenvalue weighted by molar-refractivity contribution is 6.22. The van der Waals surface area contributed by atoms with Crippen molar-refractivity contribution in [3.05, 3.63) is 33.4 Å². The average Bonchev–Trinajstić information content (AvgIpc) is 2.78. The van der Waals surface area contributed by atoms with Gasteiger partial charge in [0.05, 0.1) is 22.2 Å². The number of imide groups is 1. The van der Waals surface area contributed by atoms with Crippen molar-refractivity contribution in [2.24, 2.45) is 0 Å². The predicted molar refractivity (Wildman–Crippen MR) is 89.9 cm³/mol. The summed E-state index contributed by atoms with van der Waals surface area (Å²) in [4.78, 5) is 39.6. The number of piperidine rings is 1. The second kappa shape index (κ2) is 6.44. The largest absolute Gasteiger partial charge is 0.484 e. The summed E-state index contributed by atoms with van der Waals surface area (Å²) in [6.45, 7) is 5.10. The normalized spacial score (nSPS) is 18.8. The molecular formula is C17H21N3O5. The van der Waals surface area contributed by atoms with Gasteiger partial charge in [-0.1, -0.05) is 0 Å². The van der Waals surface area contributed by atoms with Crippen LogP contribution in [0.3, 0.4) is 0 Å². The lowest BCUT2D eigenvalue weighted by Crippen LogP contribution is -2.46. The molecule has 2 heterocycles. The van der Waals surface area contributed by atoms with Gasteiger partial charge >= 0.3 is 5.69 Å². The van der Waals surface area contributed by atoms with Crippen molar-refractivity contribution in [2.75, 3.05) is 20.1 Å². The molecule has 1 aromatic carbocycles. The molecule has 0 N–H and O–H groups in total. The molecule has 1 fully saturated rings. The number of nitro benzene ring substituents is 1. The van der Waals surface area contributed by atoms with Gasteiger partial charge in [0.25, 0.3) is 11.8 Å². The van der Waals surface area contributed by atoms with Crippen LogP contribution in [0, 0.1) is 10.1 Å². The van der Waals surface area contributed by atoms with Crippen molar-refractivity contribution in [1.82, 2.24) is 9.80 Å². The molecule has 0 saturated carbocycles. The van der Waals surface area contributed by atoms with Crippen LogP contribution in [-0.2, 0) is 0 Å². The fraction of sp³-hybridized carbons (Fsp3) is 0.529. The van der Waals surface area contributed by atoms with Gasteiger partial charge in [0.2, 0.25) is 0 Å². The van der Waals surface area contributed by atoms with E-state index in [1.165, 1.54) is 17.0 Å². The monoisotopic (exact) mass is 347 g/mol. The van der Waals surface area contributed by atoms with Gasteiger partial charge in [-0.3, -0.25) is 24.6 Å². The highest BCUT2D eigenvalue weighted by atomic mass is 16.6. The van der Waals surface area contributed by atoms with Crippen LogP contribution >= 0.6 is 0 Å².